The zero-order valence-electron chi connectivity index (χ0n) is 8.43. The first-order chi connectivity index (χ1) is 7.82. The SMILES string of the molecule is NCc1cnc(C(F)(F)F)c(CO)c1C(F)F. The molecule has 3 N–H and O–H groups in total. The molecule has 0 spiro atoms. The fourth-order valence-electron chi connectivity index (χ4n) is 1.45. The van der Waals surface area contributed by atoms with Gasteiger partial charge >= 0.3 is 6.18 Å². The molecule has 0 bridgehead atoms. The second-order valence-electron chi connectivity index (χ2n) is 3.18. The smallest absolute Gasteiger partial charge is 0.392 e. The average molecular weight is 256 g/mol. The van der Waals surface area contributed by atoms with E-state index in [0.717, 1.165) is 0 Å². The lowest BCUT2D eigenvalue weighted by Crippen LogP contribution is -2.17. The van der Waals surface area contributed by atoms with Crippen LogP contribution in [0.15, 0.2) is 6.20 Å². The van der Waals surface area contributed by atoms with E-state index in [1.165, 1.54) is 0 Å². The highest BCUT2D eigenvalue weighted by Gasteiger charge is 2.37. The fraction of sp³-hybridized carbons (Fsp3) is 0.444. The first kappa shape index (κ1) is 13.8. The second-order valence-corrected chi connectivity index (χ2v) is 3.18. The van der Waals surface area contributed by atoms with Gasteiger partial charge < -0.3 is 10.8 Å². The minimum absolute atomic E-state index is 0.211. The second kappa shape index (κ2) is 4.92. The summed E-state index contributed by atoms with van der Waals surface area (Å²) >= 11 is 0. The molecule has 8 heteroatoms. The monoisotopic (exact) mass is 256 g/mol. The largest absolute Gasteiger partial charge is 0.433 e. The summed E-state index contributed by atoms with van der Waals surface area (Å²) in [6.45, 7) is -1.55. The number of hydrogen-bond acceptors (Lipinski definition) is 3. The highest BCUT2D eigenvalue weighted by atomic mass is 19.4. The van der Waals surface area contributed by atoms with Gasteiger partial charge in [0.1, 0.15) is 5.69 Å². The zero-order chi connectivity index (χ0) is 13.2. The van der Waals surface area contributed by atoms with Crippen molar-refractivity contribution in [3.8, 4) is 0 Å². The molecule has 0 saturated carbocycles. The van der Waals surface area contributed by atoms with E-state index in [1.54, 1.807) is 0 Å². The Morgan fingerprint density at radius 2 is 1.94 bits per heavy atom. The summed E-state index contributed by atoms with van der Waals surface area (Å²) < 4.78 is 62.7. The summed E-state index contributed by atoms with van der Waals surface area (Å²) in [7, 11) is 0. The maximum absolute atomic E-state index is 12.7. The van der Waals surface area contributed by atoms with Crippen molar-refractivity contribution in [1.82, 2.24) is 4.98 Å². The van der Waals surface area contributed by atoms with Crippen LogP contribution >= 0.6 is 0 Å². The molecule has 0 aliphatic heterocycles. The molecule has 17 heavy (non-hydrogen) atoms. The maximum atomic E-state index is 12.7. The van der Waals surface area contributed by atoms with E-state index in [2.05, 4.69) is 4.98 Å². The molecule has 0 radical (unpaired) electrons. The standard InChI is InChI=1S/C9H9F5N2O/c10-8(11)6-4(1-15)2-16-7(5(6)3-17)9(12,13)14/h2,8,17H,1,3,15H2. The van der Waals surface area contributed by atoms with Crippen molar-refractivity contribution >= 4 is 0 Å². The molecule has 1 aromatic rings. The van der Waals surface area contributed by atoms with Crippen LogP contribution in [-0.4, -0.2) is 10.1 Å². The minimum atomic E-state index is -4.89. The van der Waals surface area contributed by atoms with Crippen molar-refractivity contribution in [3.63, 3.8) is 0 Å². The van der Waals surface area contributed by atoms with E-state index < -0.39 is 36.0 Å². The molecule has 0 aromatic carbocycles. The summed E-state index contributed by atoms with van der Waals surface area (Å²) in [6.07, 6.45) is -7.39. The summed E-state index contributed by atoms with van der Waals surface area (Å²) in [6, 6.07) is 0. The molecule has 96 valence electrons. The first-order valence-electron chi connectivity index (χ1n) is 4.49. The van der Waals surface area contributed by atoms with Crippen molar-refractivity contribution in [2.75, 3.05) is 0 Å². The summed E-state index contributed by atoms with van der Waals surface area (Å²) in [4.78, 5) is 3.04. The lowest BCUT2D eigenvalue weighted by atomic mass is 10.0. The Labute approximate surface area is 93.1 Å². The van der Waals surface area contributed by atoms with Gasteiger partial charge in [0.05, 0.1) is 6.61 Å². The molecule has 0 atom stereocenters. The number of rotatable bonds is 3. The van der Waals surface area contributed by atoms with Gasteiger partial charge in [0.15, 0.2) is 0 Å². The van der Waals surface area contributed by atoms with Crippen molar-refractivity contribution in [2.45, 2.75) is 25.8 Å². The molecule has 0 amide bonds. The number of pyridine rings is 1. The van der Waals surface area contributed by atoms with E-state index in [0.29, 0.717) is 6.20 Å². The van der Waals surface area contributed by atoms with E-state index >= 15 is 0 Å². The first-order valence-corrected chi connectivity index (χ1v) is 4.49. The Balaban J connectivity index is 3.52. The molecular weight excluding hydrogens is 247 g/mol. The molecule has 0 unspecified atom stereocenters. The molecule has 0 fully saturated rings. The summed E-state index contributed by atoms with van der Waals surface area (Å²) in [5.41, 5.74) is 1.60. The van der Waals surface area contributed by atoms with Gasteiger partial charge in [-0.15, -0.1) is 0 Å². The Bertz CT molecular complexity index is 405. The van der Waals surface area contributed by atoms with Crippen molar-refractivity contribution in [1.29, 1.82) is 0 Å². The average Bonchev–Trinajstić information content (AvgIpc) is 2.25. The van der Waals surface area contributed by atoms with Gasteiger partial charge in [-0.2, -0.15) is 13.2 Å². The maximum Gasteiger partial charge on any atom is 0.433 e. The predicted octanol–water partition coefficient (Wildman–Crippen LogP) is 1.99. The fourth-order valence-corrected chi connectivity index (χ4v) is 1.45. The number of halogens is 5. The molecule has 3 nitrogen and oxygen atoms in total. The van der Waals surface area contributed by atoms with Gasteiger partial charge in [-0.3, -0.25) is 4.98 Å². The third-order valence-electron chi connectivity index (χ3n) is 2.17. The van der Waals surface area contributed by atoms with Gasteiger partial charge in [-0.1, -0.05) is 0 Å². The molecule has 0 saturated heterocycles. The van der Waals surface area contributed by atoms with Gasteiger partial charge in [0.2, 0.25) is 0 Å². The number of nitrogens with two attached hydrogens (primary N) is 1. The van der Waals surface area contributed by atoms with Crippen LogP contribution in [0, 0.1) is 0 Å². The Hall–Kier alpha value is -1.28. The van der Waals surface area contributed by atoms with Crippen LogP contribution < -0.4 is 5.73 Å². The highest BCUT2D eigenvalue weighted by Crippen LogP contribution is 2.36. The molecule has 0 aliphatic rings. The van der Waals surface area contributed by atoms with E-state index in [-0.39, 0.29) is 12.1 Å². The summed E-state index contributed by atoms with van der Waals surface area (Å²) in [5, 5.41) is 8.82. The van der Waals surface area contributed by atoms with Gasteiger partial charge in [0.25, 0.3) is 6.43 Å². The lowest BCUT2D eigenvalue weighted by Gasteiger charge is -2.16. The van der Waals surface area contributed by atoms with Crippen LogP contribution in [0.2, 0.25) is 0 Å². The van der Waals surface area contributed by atoms with Crippen LogP contribution in [0.4, 0.5) is 22.0 Å². The molecule has 1 rings (SSSR count). The van der Waals surface area contributed by atoms with Crippen molar-refractivity contribution in [3.05, 3.63) is 28.6 Å². The Kier molecular flexibility index (Phi) is 3.99. The summed E-state index contributed by atoms with van der Waals surface area (Å²) in [5.74, 6) is 0. The third kappa shape index (κ3) is 2.70. The Morgan fingerprint density at radius 3 is 2.29 bits per heavy atom. The van der Waals surface area contributed by atoms with Crippen molar-refractivity contribution < 1.29 is 27.1 Å². The van der Waals surface area contributed by atoms with E-state index in [1.807, 2.05) is 0 Å². The van der Waals surface area contributed by atoms with Crippen LogP contribution in [0.1, 0.15) is 28.8 Å². The molecule has 0 aliphatic carbocycles. The van der Waals surface area contributed by atoms with E-state index in [4.69, 9.17) is 10.8 Å². The van der Waals surface area contributed by atoms with Crippen LogP contribution in [-0.2, 0) is 19.3 Å². The topological polar surface area (TPSA) is 59.1 Å². The molecule has 1 aromatic heterocycles. The molecule has 1 heterocycles. The lowest BCUT2D eigenvalue weighted by molar-refractivity contribution is -0.142. The molecular formula is C9H9F5N2O. The third-order valence-corrected chi connectivity index (χ3v) is 2.17. The van der Waals surface area contributed by atoms with Crippen LogP contribution in [0.25, 0.3) is 0 Å². The predicted molar refractivity (Wildman–Crippen MR) is 48.0 cm³/mol. The van der Waals surface area contributed by atoms with E-state index in [9.17, 15) is 22.0 Å². The number of aromatic nitrogens is 1. The Morgan fingerprint density at radius 1 is 1.35 bits per heavy atom. The number of alkyl halides is 5. The van der Waals surface area contributed by atoms with Gasteiger partial charge in [-0.25, -0.2) is 8.78 Å². The van der Waals surface area contributed by atoms with Crippen LogP contribution in [0.5, 0.6) is 0 Å². The van der Waals surface area contributed by atoms with Crippen LogP contribution in [0.3, 0.4) is 0 Å². The quantitative estimate of drug-likeness (QED) is 0.813. The minimum Gasteiger partial charge on any atom is -0.392 e. The number of hydrogen-bond donors (Lipinski definition) is 2. The number of nitrogens with zero attached hydrogens (tertiary/aromatic N) is 1. The number of aliphatic hydroxyl groups excluding tert-OH is 1. The van der Waals surface area contributed by atoms with Gasteiger partial charge in [0, 0.05) is 23.9 Å². The van der Waals surface area contributed by atoms with Crippen molar-refractivity contribution in [2.24, 2.45) is 5.73 Å². The normalized spacial score (nSPS) is 12.2. The number of aliphatic hydroxyl groups is 1. The highest BCUT2D eigenvalue weighted by molar-refractivity contribution is 5.38. The van der Waals surface area contributed by atoms with Gasteiger partial charge in [-0.05, 0) is 5.56 Å². The zero-order valence-corrected chi connectivity index (χ0v) is 8.43.